The maximum atomic E-state index is 3.99. The van der Waals surface area contributed by atoms with E-state index in [2.05, 4.69) is 18.7 Å². The first-order chi connectivity index (χ1) is 4.79. The van der Waals surface area contributed by atoms with Gasteiger partial charge in [0.05, 0.1) is 0 Å². The SMILES string of the molecule is [CH2]C(C)CN1CCCCC1. The molecule has 1 heteroatoms. The lowest BCUT2D eigenvalue weighted by atomic mass is 10.1. The van der Waals surface area contributed by atoms with Crippen LogP contribution in [-0.4, -0.2) is 24.5 Å². The summed E-state index contributed by atoms with van der Waals surface area (Å²) in [6.45, 7) is 9.99. The zero-order valence-corrected chi connectivity index (χ0v) is 6.97. The van der Waals surface area contributed by atoms with Crippen molar-refractivity contribution in [3.05, 3.63) is 6.92 Å². The molecule has 1 atom stereocenters. The Hall–Kier alpha value is -0.0400. The molecule has 1 unspecified atom stereocenters. The molecular formula is C9H18N. The number of piperidine rings is 1. The lowest BCUT2D eigenvalue weighted by Gasteiger charge is -2.27. The largest absolute Gasteiger partial charge is 0.303 e. The summed E-state index contributed by atoms with van der Waals surface area (Å²) in [7, 11) is 0. The minimum Gasteiger partial charge on any atom is -0.303 e. The minimum atomic E-state index is 0.595. The number of hydrogen-bond acceptors (Lipinski definition) is 1. The van der Waals surface area contributed by atoms with Crippen LogP contribution in [0.3, 0.4) is 0 Å². The Bertz CT molecular complexity index is 82.7. The Kier molecular flexibility index (Phi) is 3.20. The predicted molar refractivity (Wildman–Crippen MR) is 44.8 cm³/mol. The molecule has 59 valence electrons. The van der Waals surface area contributed by atoms with Gasteiger partial charge in [-0.2, -0.15) is 0 Å². The molecule has 0 spiro atoms. The zero-order chi connectivity index (χ0) is 7.40. The molecule has 1 rings (SSSR count). The summed E-state index contributed by atoms with van der Waals surface area (Å²) in [5.74, 6) is 0.595. The maximum absolute atomic E-state index is 3.99. The first-order valence-electron chi connectivity index (χ1n) is 4.34. The third kappa shape index (κ3) is 2.70. The van der Waals surface area contributed by atoms with Crippen molar-refractivity contribution in [2.75, 3.05) is 19.6 Å². The van der Waals surface area contributed by atoms with Gasteiger partial charge in [-0.25, -0.2) is 0 Å². The van der Waals surface area contributed by atoms with Crippen molar-refractivity contribution >= 4 is 0 Å². The quantitative estimate of drug-likeness (QED) is 0.566. The first kappa shape index (κ1) is 8.06. The van der Waals surface area contributed by atoms with Crippen molar-refractivity contribution in [2.24, 2.45) is 5.92 Å². The van der Waals surface area contributed by atoms with Crippen molar-refractivity contribution in [1.29, 1.82) is 0 Å². The number of hydrogen-bond donors (Lipinski definition) is 0. The topological polar surface area (TPSA) is 3.24 Å². The van der Waals surface area contributed by atoms with Gasteiger partial charge >= 0.3 is 0 Å². The lowest BCUT2D eigenvalue weighted by molar-refractivity contribution is 0.212. The van der Waals surface area contributed by atoms with Crippen molar-refractivity contribution in [2.45, 2.75) is 26.2 Å². The second-order valence-electron chi connectivity index (χ2n) is 3.47. The summed E-state index contributed by atoms with van der Waals surface area (Å²) in [6.07, 6.45) is 4.22. The Morgan fingerprint density at radius 1 is 1.30 bits per heavy atom. The molecule has 1 nitrogen and oxygen atoms in total. The van der Waals surface area contributed by atoms with Gasteiger partial charge in [-0.3, -0.25) is 0 Å². The van der Waals surface area contributed by atoms with E-state index in [4.69, 9.17) is 0 Å². The molecule has 0 aromatic carbocycles. The van der Waals surface area contributed by atoms with Gasteiger partial charge in [0.25, 0.3) is 0 Å². The Morgan fingerprint density at radius 2 is 1.90 bits per heavy atom. The fourth-order valence-electron chi connectivity index (χ4n) is 1.58. The normalized spacial score (nSPS) is 21.9. The summed E-state index contributed by atoms with van der Waals surface area (Å²) in [6, 6.07) is 0. The number of likely N-dealkylation sites (tertiary alicyclic amines) is 1. The van der Waals surface area contributed by atoms with Crippen LogP contribution in [0, 0.1) is 12.8 Å². The van der Waals surface area contributed by atoms with Crippen LogP contribution in [0.1, 0.15) is 26.2 Å². The standard InChI is InChI=1S/C9H18N/c1-9(2)8-10-6-4-3-5-7-10/h9H,1,3-8H2,2H3. The van der Waals surface area contributed by atoms with Crippen molar-refractivity contribution in [1.82, 2.24) is 4.90 Å². The third-order valence-corrected chi connectivity index (χ3v) is 2.02. The molecule has 0 amide bonds. The third-order valence-electron chi connectivity index (χ3n) is 2.02. The average Bonchev–Trinajstić information content (AvgIpc) is 1.88. The van der Waals surface area contributed by atoms with E-state index in [1.54, 1.807) is 0 Å². The van der Waals surface area contributed by atoms with E-state index in [1.165, 1.54) is 38.9 Å². The van der Waals surface area contributed by atoms with E-state index < -0.39 is 0 Å². The molecule has 1 saturated heterocycles. The molecule has 0 aliphatic carbocycles. The van der Waals surface area contributed by atoms with E-state index >= 15 is 0 Å². The summed E-state index contributed by atoms with van der Waals surface area (Å²) < 4.78 is 0. The van der Waals surface area contributed by atoms with Gasteiger partial charge in [0.2, 0.25) is 0 Å². The van der Waals surface area contributed by atoms with E-state index in [9.17, 15) is 0 Å². The number of nitrogens with zero attached hydrogens (tertiary/aromatic N) is 1. The Morgan fingerprint density at radius 3 is 2.40 bits per heavy atom. The molecule has 10 heavy (non-hydrogen) atoms. The van der Waals surface area contributed by atoms with Crippen LogP contribution < -0.4 is 0 Å². The fraction of sp³-hybridized carbons (Fsp3) is 0.889. The second kappa shape index (κ2) is 3.97. The van der Waals surface area contributed by atoms with Gasteiger partial charge in [0, 0.05) is 6.54 Å². The summed E-state index contributed by atoms with van der Waals surface area (Å²) in [4.78, 5) is 2.53. The minimum absolute atomic E-state index is 0.595. The van der Waals surface area contributed by atoms with Crippen molar-refractivity contribution < 1.29 is 0 Å². The molecule has 1 aliphatic heterocycles. The first-order valence-corrected chi connectivity index (χ1v) is 4.34. The molecule has 1 radical (unpaired) electrons. The van der Waals surface area contributed by atoms with Crippen LogP contribution in [0.15, 0.2) is 0 Å². The highest BCUT2D eigenvalue weighted by Crippen LogP contribution is 2.09. The summed E-state index contributed by atoms with van der Waals surface area (Å²) >= 11 is 0. The molecule has 1 fully saturated rings. The Balaban J connectivity index is 2.13. The molecule has 0 aromatic heterocycles. The van der Waals surface area contributed by atoms with Gasteiger partial charge in [-0.1, -0.05) is 13.3 Å². The highest BCUT2D eigenvalue weighted by atomic mass is 15.1. The highest BCUT2D eigenvalue weighted by Gasteiger charge is 2.10. The van der Waals surface area contributed by atoms with Crippen LogP contribution >= 0.6 is 0 Å². The molecule has 1 heterocycles. The number of rotatable bonds is 2. The summed E-state index contributed by atoms with van der Waals surface area (Å²) in [5, 5.41) is 0. The zero-order valence-electron chi connectivity index (χ0n) is 6.97. The molecule has 0 saturated carbocycles. The second-order valence-corrected chi connectivity index (χ2v) is 3.47. The van der Waals surface area contributed by atoms with Gasteiger partial charge in [0.15, 0.2) is 0 Å². The van der Waals surface area contributed by atoms with Crippen LogP contribution in [-0.2, 0) is 0 Å². The van der Waals surface area contributed by atoms with Crippen molar-refractivity contribution in [3.63, 3.8) is 0 Å². The Labute approximate surface area is 64.4 Å². The van der Waals surface area contributed by atoms with Crippen LogP contribution in [0.4, 0.5) is 0 Å². The lowest BCUT2D eigenvalue weighted by Crippen LogP contribution is -2.32. The monoisotopic (exact) mass is 140 g/mol. The van der Waals surface area contributed by atoms with Gasteiger partial charge in [-0.05, 0) is 38.8 Å². The van der Waals surface area contributed by atoms with Gasteiger partial charge < -0.3 is 4.90 Å². The predicted octanol–water partition coefficient (Wildman–Crippen LogP) is 1.94. The van der Waals surface area contributed by atoms with Gasteiger partial charge in [-0.15, -0.1) is 0 Å². The fourth-order valence-corrected chi connectivity index (χ4v) is 1.58. The van der Waals surface area contributed by atoms with Gasteiger partial charge in [0.1, 0.15) is 0 Å². The molecular weight excluding hydrogens is 122 g/mol. The highest BCUT2D eigenvalue weighted by molar-refractivity contribution is 4.67. The smallest absolute Gasteiger partial charge is 0.000702 e. The van der Waals surface area contributed by atoms with E-state index in [-0.39, 0.29) is 0 Å². The van der Waals surface area contributed by atoms with E-state index in [0.717, 1.165) is 0 Å². The van der Waals surface area contributed by atoms with Crippen LogP contribution in [0.5, 0.6) is 0 Å². The molecule has 0 N–H and O–H groups in total. The maximum Gasteiger partial charge on any atom is 0.000702 e. The average molecular weight is 140 g/mol. The molecule has 0 aromatic rings. The van der Waals surface area contributed by atoms with Crippen LogP contribution in [0.2, 0.25) is 0 Å². The van der Waals surface area contributed by atoms with Crippen molar-refractivity contribution in [3.8, 4) is 0 Å². The molecule has 1 aliphatic rings. The van der Waals surface area contributed by atoms with Crippen LogP contribution in [0.25, 0.3) is 0 Å². The molecule has 0 bridgehead atoms. The van der Waals surface area contributed by atoms with E-state index in [0.29, 0.717) is 5.92 Å². The summed E-state index contributed by atoms with van der Waals surface area (Å²) in [5.41, 5.74) is 0. The van der Waals surface area contributed by atoms with E-state index in [1.807, 2.05) is 0 Å².